The second-order valence-corrected chi connectivity index (χ2v) is 6.95. The zero-order chi connectivity index (χ0) is 19.1. The molecule has 1 aliphatic heterocycles. The molecule has 0 radical (unpaired) electrons. The monoisotopic (exact) mass is 365 g/mol. The number of methoxy groups -OCH3 is 1. The van der Waals surface area contributed by atoms with Crippen LogP contribution >= 0.6 is 0 Å². The Bertz CT molecular complexity index is 776. The van der Waals surface area contributed by atoms with E-state index in [1.54, 1.807) is 13.2 Å². The highest BCUT2D eigenvalue weighted by molar-refractivity contribution is 5.83. The van der Waals surface area contributed by atoms with Gasteiger partial charge in [-0.2, -0.15) is 0 Å². The van der Waals surface area contributed by atoms with Gasteiger partial charge in [0.1, 0.15) is 5.75 Å². The van der Waals surface area contributed by atoms with Crippen LogP contribution in [0.25, 0.3) is 11.1 Å². The van der Waals surface area contributed by atoms with Crippen molar-refractivity contribution in [1.82, 2.24) is 5.32 Å². The molecule has 2 aromatic rings. The molecule has 2 aromatic carbocycles. The van der Waals surface area contributed by atoms with Gasteiger partial charge in [0.05, 0.1) is 12.5 Å². The van der Waals surface area contributed by atoms with E-state index in [0.717, 1.165) is 29.7 Å². The lowest BCUT2D eigenvalue weighted by Crippen LogP contribution is -2.46. The fourth-order valence-electron chi connectivity index (χ4n) is 3.69. The minimum Gasteiger partial charge on any atom is -0.497 e. The molecule has 27 heavy (non-hydrogen) atoms. The summed E-state index contributed by atoms with van der Waals surface area (Å²) in [5.41, 5.74) is 3.02. The fourth-order valence-corrected chi connectivity index (χ4v) is 3.69. The van der Waals surface area contributed by atoms with E-state index in [0.29, 0.717) is 26.2 Å². The van der Waals surface area contributed by atoms with Crippen LogP contribution in [0, 0.1) is 5.41 Å². The molecular weight excluding hydrogens is 338 g/mol. The molecule has 0 bridgehead atoms. The summed E-state index contributed by atoms with van der Waals surface area (Å²) in [5, 5.41) is 3.01. The molecule has 0 spiro atoms. The number of nitrogens with one attached hydrogen (secondary N) is 1. The van der Waals surface area contributed by atoms with E-state index in [1.165, 1.54) is 5.56 Å². The quantitative estimate of drug-likeness (QED) is 0.755. The third-order valence-corrected chi connectivity index (χ3v) is 5.29. The largest absolute Gasteiger partial charge is 0.497 e. The molecule has 3 rings (SSSR count). The molecular formula is C23H27NO3. The van der Waals surface area contributed by atoms with Crippen molar-refractivity contribution in [2.75, 3.05) is 26.9 Å². The number of hydrogen-bond donors (Lipinski definition) is 1. The van der Waals surface area contributed by atoms with E-state index in [-0.39, 0.29) is 5.91 Å². The molecule has 4 nitrogen and oxygen atoms in total. The average Bonchev–Trinajstić information content (AvgIpc) is 2.73. The van der Waals surface area contributed by atoms with Gasteiger partial charge in [-0.05, 0) is 48.1 Å². The predicted molar refractivity (Wildman–Crippen MR) is 108 cm³/mol. The molecule has 142 valence electrons. The van der Waals surface area contributed by atoms with Crippen molar-refractivity contribution in [3.05, 3.63) is 66.7 Å². The molecule has 0 atom stereocenters. The molecule has 1 heterocycles. The first-order valence-corrected chi connectivity index (χ1v) is 9.38. The highest BCUT2D eigenvalue weighted by Gasteiger charge is 2.40. The van der Waals surface area contributed by atoms with Crippen LogP contribution in [0.4, 0.5) is 0 Å². The van der Waals surface area contributed by atoms with Crippen molar-refractivity contribution < 1.29 is 14.3 Å². The summed E-state index contributed by atoms with van der Waals surface area (Å²) in [6.45, 7) is 5.42. The second-order valence-electron chi connectivity index (χ2n) is 6.95. The first-order valence-electron chi connectivity index (χ1n) is 9.38. The Morgan fingerprint density at radius 2 is 1.89 bits per heavy atom. The zero-order valence-corrected chi connectivity index (χ0v) is 15.9. The van der Waals surface area contributed by atoms with Gasteiger partial charge in [-0.1, -0.05) is 42.5 Å². The number of amides is 1. The predicted octanol–water partition coefficient (Wildman–Crippen LogP) is 4.00. The van der Waals surface area contributed by atoms with Gasteiger partial charge < -0.3 is 14.8 Å². The van der Waals surface area contributed by atoms with Gasteiger partial charge in [-0.25, -0.2) is 0 Å². The van der Waals surface area contributed by atoms with Gasteiger partial charge in [0.2, 0.25) is 5.91 Å². The summed E-state index contributed by atoms with van der Waals surface area (Å²) < 4.78 is 10.8. The maximum Gasteiger partial charge on any atom is 0.226 e. The van der Waals surface area contributed by atoms with Crippen LogP contribution in [0.2, 0.25) is 0 Å². The van der Waals surface area contributed by atoms with Crippen LogP contribution in [0.15, 0.2) is 61.2 Å². The van der Waals surface area contributed by atoms with Crippen molar-refractivity contribution in [3.8, 4) is 16.9 Å². The molecule has 0 aromatic heterocycles. The molecule has 1 fully saturated rings. The minimum absolute atomic E-state index is 0.0928. The number of carbonyl (C=O) groups excluding carboxylic acids is 1. The summed E-state index contributed by atoms with van der Waals surface area (Å²) in [6, 6.07) is 16.4. The van der Waals surface area contributed by atoms with Crippen LogP contribution in [0.1, 0.15) is 18.4 Å². The van der Waals surface area contributed by atoms with Crippen LogP contribution in [0.3, 0.4) is 0 Å². The van der Waals surface area contributed by atoms with E-state index >= 15 is 0 Å². The molecule has 0 aliphatic carbocycles. The summed E-state index contributed by atoms with van der Waals surface area (Å²) in [4.78, 5) is 13.0. The second kappa shape index (κ2) is 8.87. The van der Waals surface area contributed by atoms with Crippen LogP contribution in [-0.2, 0) is 16.0 Å². The smallest absolute Gasteiger partial charge is 0.226 e. The van der Waals surface area contributed by atoms with Crippen molar-refractivity contribution >= 4 is 5.91 Å². The fraction of sp³-hybridized carbons (Fsp3) is 0.348. The van der Waals surface area contributed by atoms with Crippen LogP contribution in [-0.4, -0.2) is 32.8 Å². The first kappa shape index (κ1) is 19.2. The van der Waals surface area contributed by atoms with Crippen molar-refractivity contribution in [3.63, 3.8) is 0 Å². The van der Waals surface area contributed by atoms with Crippen molar-refractivity contribution in [1.29, 1.82) is 0 Å². The molecule has 1 saturated heterocycles. The van der Waals surface area contributed by atoms with Crippen LogP contribution < -0.4 is 10.1 Å². The molecule has 0 saturated carbocycles. The van der Waals surface area contributed by atoms with Gasteiger partial charge in [0.25, 0.3) is 0 Å². The van der Waals surface area contributed by atoms with Gasteiger partial charge in [-0.15, -0.1) is 6.58 Å². The van der Waals surface area contributed by atoms with Crippen molar-refractivity contribution in [2.45, 2.75) is 19.3 Å². The number of carbonyl (C=O) groups is 1. The average molecular weight is 365 g/mol. The SMILES string of the molecule is C=CCNC(=O)C1(Cc2ccccc2-c2ccc(OC)cc2)CCOCC1. The van der Waals surface area contributed by atoms with Gasteiger partial charge in [0, 0.05) is 19.8 Å². The van der Waals surface area contributed by atoms with Crippen molar-refractivity contribution in [2.24, 2.45) is 5.41 Å². The van der Waals surface area contributed by atoms with E-state index < -0.39 is 5.41 Å². The maximum atomic E-state index is 13.0. The topological polar surface area (TPSA) is 47.6 Å². The Hall–Kier alpha value is -2.59. The Kier molecular flexibility index (Phi) is 6.30. The number of rotatable bonds is 7. The molecule has 1 aliphatic rings. The summed E-state index contributed by atoms with van der Waals surface area (Å²) >= 11 is 0. The number of benzene rings is 2. The van der Waals surface area contributed by atoms with Gasteiger partial charge >= 0.3 is 0 Å². The lowest BCUT2D eigenvalue weighted by Gasteiger charge is -2.36. The van der Waals surface area contributed by atoms with E-state index in [9.17, 15) is 4.79 Å². The minimum atomic E-state index is -0.441. The third kappa shape index (κ3) is 4.40. The van der Waals surface area contributed by atoms with Gasteiger partial charge in [0.15, 0.2) is 0 Å². The normalized spacial score (nSPS) is 15.7. The molecule has 1 amide bonds. The summed E-state index contributed by atoms with van der Waals surface area (Å²) in [6.07, 6.45) is 3.87. The molecule has 1 N–H and O–H groups in total. The van der Waals surface area contributed by atoms with Gasteiger partial charge in [-0.3, -0.25) is 4.79 Å². The zero-order valence-electron chi connectivity index (χ0n) is 15.9. The Morgan fingerprint density at radius 3 is 2.56 bits per heavy atom. The number of ether oxygens (including phenoxy) is 2. The maximum absolute atomic E-state index is 13.0. The summed E-state index contributed by atoms with van der Waals surface area (Å²) in [7, 11) is 1.67. The highest BCUT2D eigenvalue weighted by atomic mass is 16.5. The molecule has 0 unspecified atom stereocenters. The highest BCUT2D eigenvalue weighted by Crippen LogP contribution is 2.37. The Morgan fingerprint density at radius 1 is 1.19 bits per heavy atom. The van der Waals surface area contributed by atoms with E-state index in [4.69, 9.17) is 9.47 Å². The number of hydrogen-bond acceptors (Lipinski definition) is 3. The first-order chi connectivity index (χ1) is 13.2. The Labute approximate surface area is 161 Å². The standard InChI is InChI=1S/C23H27NO3/c1-3-14-24-22(25)23(12-15-27-16-13-23)17-19-6-4-5-7-21(19)18-8-10-20(26-2)11-9-18/h3-11H,1,12-17H2,2H3,(H,24,25). The van der Waals surface area contributed by atoms with Crippen LogP contribution in [0.5, 0.6) is 5.75 Å². The molecule has 4 heteroatoms. The lowest BCUT2D eigenvalue weighted by atomic mass is 9.73. The third-order valence-electron chi connectivity index (χ3n) is 5.29. The summed E-state index contributed by atoms with van der Waals surface area (Å²) in [5.74, 6) is 0.927. The lowest BCUT2D eigenvalue weighted by molar-refractivity contribution is -0.136. The Balaban J connectivity index is 1.92. The van der Waals surface area contributed by atoms with E-state index in [2.05, 4.69) is 36.2 Å². The van der Waals surface area contributed by atoms with E-state index in [1.807, 2.05) is 24.3 Å².